The van der Waals surface area contributed by atoms with Gasteiger partial charge in [-0.25, -0.2) is 4.79 Å². The van der Waals surface area contributed by atoms with Crippen LogP contribution in [-0.4, -0.2) is 36.5 Å². The van der Waals surface area contributed by atoms with Gasteiger partial charge in [0.25, 0.3) is 11.7 Å². The molecule has 0 spiro atoms. The number of carbonyl (C=O) groups is 3. The monoisotopic (exact) mass is 499 g/mol. The van der Waals surface area contributed by atoms with E-state index in [9.17, 15) is 19.5 Å². The van der Waals surface area contributed by atoms with Gasteiger partial charge >= 0.3 is 5.97 Å². The van der Waals surface area contributed by atoms with E-state index in [2.05, 4.69) is 0 Å². The molecule has 37 heavy (non-hydrogen) atoms. The minimum atomic E-state index is -0.856. The Labute approximate surface area is 215 Å². The molecule has 0 bridgehead atoms. The Morgan fingerprint density at radius 3 is 2.08 bits per heavy atom. The highest BCUT2D eigenvalue weighted by Crippen LogP contribution is 2.42. The molecule has 0 radical (unpaired) electrons. The molecule has 1 amide bonds. The molecule has 3 aromatic rings. The van der Waals surface area contributed by atoms with Crippen LogP contribution in [0.1, 0.15) is 53.4 Å². The number of benzene rings is 3. The van der Waals surface area contributed by atoms with Crippen LogP contribution >= 0.6 is 0 Å². The zero-order valence-corrected chi connectivity index (χ0v) is 21.1. The van der Waals surface area contributed by atoms with Gasteiger partial charge in [-0.1, -0.05) is 38.1 Å². The van der Waals surface area contributed by atoms with E-state index in [-0.39, 0.29) is 11.3 Å². The molecule has 1 aliphatic rings. The predicted octanol–water partition coefficient (Wildman–Crippen LogP) is 5.45. The number of aliphatic hydroxyl groups is 1. The molecule has 1 heterocycles. The first-order chi connectivity index (χ1) is 17.9. The maximum Gasteiger partial charge on any atom is 0.337 e. The van der Waals surface area contributed by atoms with E-state index >= 15 is 0 Å². The number of amides is 1. The maximum atomic E-state index is 13.3. The summed E-state index contributed by atoms with van der Waals surface area (Å²) in [5.41, 5.74) is 2.91. The van der Waals surface area contributed by atoms with Crippen molar-refractivity contribution >= 4 is 29.1 Å². The fourth-order valence-electron chi connectivity index (χ4n) is 4.31. The topological polar surface area (TPSA) is 93.1 Å². The summed E-state index contributed by atoms with van der Waals surface area (Å²) < 4.78 is 10.4. The second kappa shape index (κ2) is 11.1. The lowest BCUT2D eigenvalue weighted by molar-refractivity contribution is -0.132. The Morgan fingerprint density at radius 2 is 1.51 bits per heavy atom. The summed E-state index contributed by atoms with van der Waals surface area (Å²) >= 11 is 0. The van der Waals surface area contributed by atoms with Crippen molar-refractivity contribution in [2.45, 2.75) is 32.7 Å². The van der Waals surface area contributed by atoms with Crippen molar-refractivity contribution in [1.82, 2.24) is 0 Å². The number of ketones is 1. The molecule has 1 atom stereocenters. The number of rotatable bonds is 8. The lowest BCUT2D eigenvalue weighted by Gasteiger charge is -2.25. The number of Topliss-reactive ketones (excluding diaryl/α,β-unsaturated/α-hetero) is 1. The number of methoxy groups -OCH3 is 1. The van der Waals surface area contributed by atoms with E-state index in [1.807, 2.05) is 38.1 Å². The Morgan fingerprint density at radius 1 is 0.892 bits per heavy atom. The molecular weight excluding hydrogens is 470 g/mol. The Bertz CT molecular complexity index is 1320. The normalized spacial score (nSPS) is 16.6. The van der Waals surface area contributed by atoms with Gasteiger partial charge in [0.1, 0.15) is 11.5 Å². The first-order valence-corrected chi connectivity index (χ1v) is 12.2. The number of hydrogen-bond donors (Lipinski definition) is 1. The fraction of sp³-hybridized carbons (Fsp3) is 0.233. The molecule has 1 unspecified atom stereocenters. The van der Waals surface area contributed by atoms with Crippen molar-refractivity contribution in [2.24, 2.45) is 0 Å². The number of hydrogen-bond acceptors (Lipinski definition) is 6. The number of aryl methyl sites for hydroxylation is 1. The molecule has 4 rings (SSSR count). The van der Waals surface area contributed by atoms with Crippen LogP contribution in [0.4, 0.5) is 5.69 Å². The standard InChI is InChI=1S/C30H29NO6/c1-4-18-37-24-16-12-21(13-17-24)27(32)25-26(20-8-6-19(5-2)7-9-20)31(29(34)28(25)33)23-14-10-22(11-15-23)30(35)36-3/h6-17,26,32H,4-5,18H2,1-3H3/b27-25+. The Hall–Kier alpha value is -4.39. The fourth-order valence-corrected chi connectivity index (χ4v) is 4.31. The summed E-state index contributed by atoms with van der Waals surface area (Å²) in [6, 6.07) is 19.8. The number of esters is 1. The van der Waals surface area contributed by atoms with Crippen LogP contribution in [0.3, 0.4) is 0 Å². The van der Waals surface area contributed by atoms with Crippen LogP contribution < -0.4 is 9.64 Å². The lowest BCUT2D eigenvalue weighted by atomic mass is 9.94. The van der Waals surface area contributed by atoms with Gasteiger partial charge in [-0.3, -0.25) is 14.5 Å². The summed E-state index contributed by atoms with van der Waals surface area (Å²) in [7, 11) is 1.29. The Kier molecular flexibility index (Phi) is 7.72. The summed E-state index contributed by atoms with van der Waals surface area (Å²) in [5, 5.41) is 11.3. The third-order valence-electron chi connectivity index (χ3n) is 6.32. The van der Waals surface area contributed by atoms with Crippen molar-refractivity contribution in [3.8, 4) is 5.75 Å². The molecule has 7 nitrogen and oxygen atoms in total. The highest BCUT2D eigenvalue weighted by Gasteiger charge is 2.47. The number of ether oxygens (including phenoxy) is 2. The zero-order chi connectivity index (χ0) is 26.5. The number of nitrogens with zero attached hydrogens (tertiary/aromatic N) is 1. The molecule has 7 heteroatoms. The summed E-state index contributed by atoms with van der Waals surface area (Å²) in [5.74, 6) is -1.67. The Balaban J connectivity index is 1.82. The van der Waals surface area contributed by atoms with Gasteiger partial charge in [-0.15, -0.1) is 0 Å². The molecule has 0 aliphatic carbocycles. The van der Waals surface area contributed by atoms with E-state index < -0.39 is 23.7 Å². The van der Waals surface area contributed by atoms with Crippen LogP contribution in [0.25, 0.3) is 5.76 Å². The molecule has 1 N–H and O–H groups in total. The minimum Gasteiger partial charge on any atom is -0.507 e. The molecule has 0 saturated carbocycles. The zero-order valence-electron chi connectivity index (χ0n) is 21.1. The van der Waals surface area contributed by atoms with Crippen LogP contribution in [0.2, 0.25) is 0 Å². The van der Waals surface area contributed by atoms with Crippen molar-refractivity contribution in [2.75, 3.05) is 18.6 Å². The summed E-state index contributed by atoms with van der Waals surface area (Å²) in [6.07, 6.45) is 1.70. The van der Waals surface area contributed by atoms with Gasteiger partial charge in [0.05, 0.1) is 30.9 Å². The van der Waals surface area contributed by atoms with E-state index in [4.69, 9.17) is 9.47 Å². The average Bonchev–Trinajstić information content (AvgIpc) is 3.21. The van der Waals surface area contributed by atoms with Gasteiger partial charge < -0.3 is 14.6 Å². The number of carbonyl (C=O) groups excluding carboxylic acids is 3. The smallest absolute Gasteiger partial charge is 0.337 e. The van der Waals surface area contributed by atoms with Crippen molar-refractivity contribution in [3.63, 3.8) is 0 Å². The molecule has 1 saturated heterocycles. The maximum absolute atomic E-state index is 13.3. The average molecular weight is 500 g/mol. The second-order valence-corrected chi connectivity index (χ2v) is 8.68. The van der Waals surface area contributed by atoms with Crippen LogP contribution in [0, 0.1) is 0 Å². The molecular formula is C30H29NO6. The van der Waals surface area contributed by atoms with Gasteiger partial charge in [0.15, 0.2) is 0 Å². The third-order valence-corrected chi connectivity index (χ3v) is 6.32. The van der Waals surface area contributed by atoms with Crippen LogP contribution in [0.5, 0.6) is 5.75 Å². The quantitative estimate of drug-likeness (QED) is 0.192. The predicted molar refractivity (Wildman–Crippen MR) is 141 cm³/mol. The number of aliphatic hydroxyl groups excluding tert-OH is 1. The molecule has 1 fully saturated rings. The van der Waals surface area contributed by atoms with E-state index in [1.165, 1.54) is 24.1 Å². The minimum absolute atomic E-state index is 0.00600. The first kappa shape index (κ1) is 25.7. The third kappa shape index (κ3) is 5.11. The van der Waals surface area contributed by atoms with Crippen molar-refractivity contribution in [3.05, 3.63) is 101 Å². The van der Waals surface area contributed by atoms with Gasteiger partial charge in [0.2, 0.25) is 0 Å². The summed E-state index contributed by atoms with van der Waals surface area (Å²) in [4.78, 5) is 39.9. The van der Waals surface area contributed by atoms with Gasteiger partial charge in [-0.05, 0) is 72.5 Å². The molecule has 190 valence electrons. The first-order valence-electron chi connectivity index (χ1n) is 12.2. The van der Waals surface area contributed by atoms with Crippen LogP contribution in [-0.2, 0) is 20.7 Å². The lowest BCUT2D eigenvalue weighted by Crippen LogP contribution is -2.29. The van der Waals surface area contributed by atoms with Gasteiger partial charge in [0, 0.05) is 11.3 Å². The highest BCUT2D eigenvalue weighted by atomic mass is 16.5. The molecule has 1 aliphatic heterocycles. The van der Waals surface area contributed by atoms with E-state index in [1.54, 1.807) is 36.4 Å². The highest BCUT2D eigenvalue weighted by molar-refractivity contribution is 6.51. The van der Waals surface area contributed by atoms with Crippen LogP contribution in [0.15, 0.2) is 78.4 Å². The SMILES string of the molecule is CCCOc1ccc(/C(O)=C2\C(=O)C(=O)N(c3ccc(C(=O)OC)cc3)C2c2ccc(CC)cc2)cc1. The van der Waals surface area contributed by atoms with Crippen molar-refractivity contribution in [1.29, 1.82) is 0 Å². The second-order valence-electron chi connectivity index (χ2n) is 8.68. The molecule has 3 aromatic carbocycles. The van der Waals surface area contributed by atoms with Crippen molar-refractivity contribution < 1.29 is 29.0 Å². The summed E-state index contributed by atoms with van der Waals surface area (Å²) in [6.45, 7) is 4.62. The molecule has 0 aromatic heterocycles. The largest absolute Gasteiger partial charge is 0.507 e. The van der Waals surface area contributed by atoms with E-state index in [0.717, 1.165) is 18.4 Å². The number of anilines is 1. The van der Waals surface area contributed by atoms with Gasteiger partial charge in [-0.2, -0.15) is 0 Å². The van der Waals surface area contributed by atoms with E-state index in [0.29, 0.717) is 34.7 Å².